The molecule has 0 saturated carbocycles. The Hall–Kier alpha value is -1.89. The Bertz CT molecular complexity index is 496. The predicted octanol–water partition coefficient (Wildman–Crippen LogP) is -0.299. The molecule has 3 heterocycles. The second kappa shape index (κ2) is 6.26. The average Bonchev–Trinajstić information content (AvgIpc) is 2.50. The van der Waals surface area contributed by atoms with E-state index in [1.54, 1.807) is 4.90 Å². The molecular formula is C14H22N6O. The van der Waals surface area contributed by atoms with Crippen LogP contribution in [0.5, 0.6) is 0 Å². The van der Waals surface area contributed by atoms with Crippen LogP contribution >= 0.6 is 0 Å². The van der Waals surface area contributed by atoms with Crippen LogP contribution < -0.4 is 15.5 Å². The van der Waals surface area contributed by atoms with Crippen molar-refractivity contribution in [1.82, 2.24) is 20.2 Å². The largest absolute Gasteiger partial charge is 0.365 e. The fourth-order valence-corrected chi connectivity index (χ4v) is 2.51. The van der Waals surface area contributed by atoms with Gasteiger partial charge in [0.05, 0.1) is 6.04 Å². The standard InChI is InChI=1S/C14H22N6O/c1-2-11-7-13(16-12-8-15-9-12)18-14(17-11)20-5-3-19(10-21)4-6-20/h7,10,12,15H,2-6,8-9H2,1H3,(H,16,17,18). The Morgan fingerprint density at radius 2 is 2.10 bits per heavy atom. The highest BCUT2D eigenvalue weighted by Crippen LogP contribution is 2.17. The van der Waals surface area contributed by atoms with Gasteiger partial charge in [0, 0.05) is 51.0 Å². The summed E-state index contributed by atoms with van der Waals surface area (Å²) < 4.78 is 0. The number of aryl methyl sites for hydroxylation is 1. The maximum absolute atomic E-state index is 10.8. The van der Waals surface area contributed by atoms with Gasteiger partial charge < -0.3 is 20.4 Å². The summed E-state index contributed by atoms with van der Waals surface area (Å²) in [5.41, 5.74) is 1.05. The number of amides is 1. The highest BCUT2D eigenvalue weighted by atomic mass is 16.1. The molecule has 0 atom stereocenters. The Morgan fingerprint density at radius 3 is 2.67 bits per heavy atom. The average molecular weight is 290 g/mol. The minimum absolute atomic E-state index is 0.462. The molecule has 0 radical (unpaired) electrons. The fourth-order valence-electron chi connectivity index (χ4n) is 2.51. The maximum Gasteiger partial charge on any atom is 0.227 e. The zero-order valence-corrected chi connectivity index (χ0v) is 12.4. The molecule has 0 aromatic carbocycles. The van der Waals surface area contributed by atoms with Crippen molar-refractivity contribution in [2.24, 2.45) is 0 Å². The van der Waals surface area contributed by atoms with E-state index in [1.807, 2.05) is 6.07 Å². The Balaban J connectivity index is 1.73. The van der Waals surface area contributed by atoms with Gasteiger partial charge in [0.1, 0.15) is 5.82 Å². The van der Waals surface area contributed by atoms with Gasteiger partial charge in [0.25, 0.3) is 0 Å². The van der Waals surface area contributed by atoms with Crippen molar-refractivity contribution in [3.8, 4) is 0 Å². The topological polar surface area (TPSA) is 73.4 Å². The van der Waals surface area contributed by atoms with Crippen LogP contribution in [0, 0.1) is 0 Å². The number of nitrogens with zero attached hydrogens (tertiary/aromatic N) is 4. The lowest BCUT2D eigenvalue weighted by Crippen LogP contribution is -2.51. The zero-order valence-electron chi connectivity index (χ0n) is 12.4. The molecule has 0 aliphatic carbocycles. The highest BCUT2D eigenvalue weighted by Gasteiger charge is 2.21. The van der Waals surface area contributed by atoms with Crippen LogP contribution in [0.15, 0.2) is 6.07 Å². The van der Waals surface area contributed by atoms with E-state index in [2.05, 4.69) is 32.4 Å². The highest BCUT2D eigenvalue weighted by molar-refractivity contribution is 5.49. The third-order valence-corrected chi connectivity index (χ3v) is 4.01. The first kappa shape index (κ1) is 14.1. The molecular weight excluding hydrogens is 268 g/mol. The first-order valence-corrected chi connectivity index (χ1v) is 7.58. The number of anilines is 2. The third kappa shape index (κ3) is 3.24. The molecule has 114 valence electrons. The van der Waals surface area contributed by atoms with Crippen LogP contribution in [0.4, 0.5) is 11.8 Å². The van der Waals surface area contributed by atoms with E-state index in [0.29, 0.717) is 6.04 Å². The van der Waals surface area contributed by atoms with Gasteiger partial charge >= 0.3 is 0 Å². The number of aromatic nitrogens is 2. The molecule has 2 fully saturated rings. The minimum Gasteiger partial charge on any atom is -0.365 e. The van der Waals surface area contributed by atoms with Gasteiger partial charge in [-0.1, -0.05) is 6.92 Å². The number of hydrogen-bond donors (Lipinski definition) is 2. The van der Waals surface area contributed by atoms with E-state index in [0.717, 1.165) is 69.6 Å². The van der Waals surface area contributed by atoms with Crippen LogP contribution in [0.1, 0.15) is 12.6 Å². The molecule has 2 aliphatic heterocycles. The van der Waals surface area contributed by atoms with E-state index >= 15 is 0 Å². The molecule has 0 unspecified atom stereocenters. The van der Waals surface area contributed by atoms with Crippen LogP contribution in [0.3, 0.4) is 0 Å². The monoisotopic (exact) mass is 290 g/mol. The molecule has 0 bridgehead atoms. The molecule has 7 nitrogen and oxygen atoms in total. The van der Waals surface area contributed by atoms with E-state index in [-0.39, 0.29) is 0 Å². The van der Waals surface area contributed by atoms with Gasteiger partial charge in [-0.3, -0.25) is 4.79 Å². The Morgan fingerprint density at radius 1 is 1.33 bits per heavy atom. The minimum atomic E-state index is 0.462. The fraction of sp³-hybridized carbons (Fsp3) is 0.643. The van der Waals surface area contributed by atoms with Gasteiger partial charge in [0.2, 0.25) is 12.4 Å². The zero-order chi connectivity index (χ0) is 14.7. The van der Waals surface area contributed by atoms with Crippen LogP contribution in [-0.4, -0.2) is 66.6 Å². The van der Waals surface area contributed by atoms with E-state index in [4.69, 9.17) is 0 Å². The van der Waals surface area contributed by atoms with Crippen molar-refractivity contribution in [3.63, 3.8) is 0 Å². The number of carbonyl (C=O) groups is 1. The molecule has 7 heteroatoms. The summed E-state index contributed by atoms with van der Waals surface area (Å²) in [4.78, 5) is 24.0. The van der Waals surface area contributed by atoms with E-state index in [9.17, 15) is 4.79 Å². The van der Waals surface area contributed by atoms with Gasteiger partial charge in [0.15, 0.2) is 0 Å². The number of rotatable bonds is 5. The van der Waals surface area contributed by atoms with Gasteiger partial charge in [-0.2, -0.15) is 4.98 Å². The van der Waals surface area contributed by atoms with Gasteiger partial charge in [-0.05, 0) is 6.42 Å². The van der Waals surface area contributed by atoms with Crippen molar-refractivity contribution in [3.05, 3.63) is 11.8 Å². The van der Waals surface area contributed by atoms with Crippen molar-refractivity contribution >= 4 is 18.2 Å². The van der Waals surface area contributed by atoms with Crippen molar-refractivity contribution in [2.75, 3.05) is 49.5 Å². The van der Waals surface area contributed by atoms with Crippen molar-refractivity contribution in [2.45, 2.75) is 19.4 Å². The van der Waals surface area contributed by atoms with Crippen molar-refractivity contribution < 1.29 is 4.79 Å². The second-order valence-corrected chi connectivity index (χ2v) is 5.53. The summed E-state index contributed by atoms with van der Waals surface area (Å²) in [6, 6.07) is 2.49. The molecule has 21 heavy (non-hydrogen) atoms. The van der Waals surface area contributed by atoms with E-state index in [1.165, 1.54) is 0 Å². The van der Waals surface area contributed by atoms with Crippen molar-refractivity contribution in [1.29, 1.82) is 0 Å². The molecule has 1 aromatic heterocycles. The normalized spacial score (nSPS) is 19.3. The molecule has 0 spiro atoms. The molecule has 3 rings (SSSR count). The Kier molecular flexibility index (Phi) is 4.19. The maximum atomic E-state index is 10.8. The first-order valence-electron chi connectivity index (χ1n) is 7.58. The SMILES string of the molecule is CCc1cc(NC2CNC2)nc(N2CCN(C=O)CC2)n1. The summed E-state index contributed by atoms with van der Waals surface area (Å²) >= 11 is 0. The first-order chi connectivity index (χ1) is 10.3. The number of hydrogen-bond acceptors (Lipinski definition) is 6. The lowest BCUT2D eigenvalue weighted by molar-refractivity contribution is -0.118. The summed E-state index contributed by atoms with van der Waals surface area (Å²) in [5, 5.41) is 6.69. The van der Waals surface area contributed by atoms with E-state index < -0.39 is 0 Å². The third-order valence-electron chi connectivity index (χ3n) is 4.01. The molecule has 1 amide bonds. The Labute approximate surface area is 124 Å². The molecule has 2 N–H and O–H groups in total. The number of piperazine rings is 1. The number of carbonyl (C=O) groups excluding carboxylic acids is 1. The van der Waals surface area contributed by atoms with Gasteiger partial charge in [-0.25, -0.2) is 4.98 Å². The quantitative estimate of drug-likeness (QED) is 0.726. The van der Waals surface area contributed by atoms with Crippen LogP contribution in [0.2, 0.25) is 0 Å². The molecule has 2 saturated heterocycles. The molecule has 1 aromatic rings. The lowest BCUT2D eigenvalue weighted by atomic mass is 10.2. The smallest absolute Gasteiger partial charge is 0.227 e. The van der Waals surface area contributed by atoms with Crippen LogP contribution in [0.25, 0.3) is 0 Å². The summed E-state index contributed by atoms with van der Waals surface area (Å²) in [7, 11) is 0. The summed E-state index contributed by atoms with van der Waals surface area (Å²) in [6.07, 6.45) is 1.80. The second-order valence-electron chi connectivity index (χ2n) is 5.53. The predicted molar refractivity (Wildman–Crippen MR) is 81.5 cm³/mol. The van der Waals surface area contributed by atoms with Crippen LogP contribution in [-0.2, 0) is 11.2 Å². The van der Waals surface area contributed by atoms with Gasteiger partial charge in [-0.15, -0.1) is 0 Å². The lowest BCUT2D eigenvalue weighted by Gasteiger charge is -2.33. The molecule has 2 aliphatic rings. The number of nitrogens with one attached hydrogen (secondary N) is 2. The summed E-state index contributed by atoms with van der Waals surface area (Å²) in [5.74, 6) is 1.68. The summed E-state index contributed by atoms with van der Waals surface area (Å²) in [6.45, 7) is 7.12.